The molecule has 1 aromatic carbocycles. The van der Waals surface area contributed by atoms with E-state index in [1.165, 1.54) is 10.9 Å². The molecule has 0 bridgehead atoms. The highest BCUT2D eigenvalue weighted by atomic mass is 79.9. The maximum Gasteiger partial charge on any atom is 0.148 e. The van der Waals surface area contributed by atoms with Crippen LogP contribution in [-0.2, 0) is 0 Å². The van der Waals surface area contributed by atoms with Crippen molar-refractivity contribution in [1.29, 1.82) is 0 Å². The van der Waals surface area contributed by atoms with E-state index in [-0.39, 0.29) is 16.2 Å². The molecular formula is C14H16BrF2N3. The summed E-state index contributed by atoms with van der Waals surface area (Å²) in [7, 11) is 0. The van der Waals surface area contributed by atoms with Gasteiger partial charge in [-0.05, 0) is 34.3 Å². The van der Waals surface area contributed by atoms with Gasteiger partial charge in [-0.1, -0.05) is 13.8 Å². The average molecular weight is 344 g/mol. The van der Waals surface area contributed by atoms with E-state index in [4.69, 9.17) is 5.73 Å². The lowest BCUT2D eigenvalue weighted by atomic mass is 10.0. The van der Waals surface area contributed by atoms with Gasteiger partial charge in [-0.2, -0.15) is 0 Å². The van der Waals surface area contributed by atoms with Crippen molar-refractivity contribution in [2.75, 3.05) is 0 Å². The molecule has 0 radical (unpaired) electrons. The molecule has 0 aliphatic carbocycles. The van der Waals surface area contributed by atoms with E-state index < -0.39 is 11.6 Å². The molecule has 0 amide bonds. The normalized spacial score (nSPS) is 12.9. The minimum absolute atomic E-state index is 0.0897. The van der Waals surface area contributed by atoms with Crippen molar-refractivity contribution >= 4 is 15.9 Å². The van der Waals surface area contributed by atoms with Crippen LogP contribution in [0.1, 0.15) is 32.0 Å². The Labute approximate surface area is 124 Å². The van der Waals surface area contributed by atoms with Gasteiger partial charge in [-0.3, -0.25) is 4.57 Å². The lowest BCUT2D eigenvalue weighted by Crippen LogP contribution is -2.17. The molecule has 3 nitrogen and oxygen atoms in total. The average Bonchev–Trinajstić information content (AvgIpc) is 2.81. The highest BCUT2D eigenvalue weighted by Gasteiger charge is 2.17. The fourth-order valence-electron chi connectivity index (χ4n) is 2.11. The molecule has 0 saturated heterocycles. The first-order valence-corrected chi connectivity index (χ1v) is 7.12. The summed E-state index contributed by atoms with van der Waals surface area (Å²) in [6.45, 7) is 4.11. The lowest BCUT2D eigenvalue weighted by molar-refractivity contribution is 0.495. The molecule has 0 aliphatic rings. The van der Waals surface area contributed by atoms with Crippen LogP contribution in [0.5, 0.6) is 0 Å². The van der Waals surface area contributed by atoms with Crippen LogP contribution in [0.25, 0.3) is 5.69 Å². The zero-order valence-electron chi connectivity index (χ0n) is 11.3. The Balaban J connectivity index is 2.44. The van der Waals surface area contributed by atoms with Crippen LogP contribution in [-0.4, -0.2) is 9.55 Å². The molecule has 2 aromatic rings. The molecule has 2 N–H and O–H groups in total. The second kappa shape index (κ2) is 6.01. The first-order valence-electron chi connectivity index (χ1n) is 6.33. The Morgan fingerprint density at radius 1 is 1.30 bits per heavy atom. The van der Waals surface area contributed by atoms with Gasteiger partial charge < -0.3 is 5.73 Å². The Morgan fingerprint density at radius 2 is 2.00 bits per heavy atom. The molecule has 1 atom stereocenters. The molecular weight excluding hydrogens is 328 g/mol. The van der Waals surface area contributed by atoms with Gasteiger partial charge in [0.05, 0.1) is 28.4 Å². The van der Waals surface area contributed by atoms with Crippen LogP contribution in [0.3, 0.4) is 0 Å². The summed E-state index contributed by atoms with van der Waals surface area (Å²) < 4.78 is 29.2. The number of nitrogens with zero attached hydrogens (tertiary/aromatic N) is 2. The van der Waals surface area contributed by atoms with Crippen molar-refractivity contribution in [3.8, 4) is 5.69 Å². The van der Waals surface area contributed by atoms with Crippen LogP contribution >= 0.6 is 15.9 Å². The second-order valence-corrected chi connectivity index (χ2v) is 6.00. The van der Waals surface area contributed by atoms with E-state index in [0.29, 0.717) is 11.6 Å². The smallest absolute Gasteiger partial charge is 0.148 e. The topological polar surface area (TPSA) is 43.8 Å². The van der Waals surface area contributed by atoms with Gasteiger partial charge in [-0.15, -0.1) is 0 Å². The number of benzene rings is 1. The van der Waals surface area contributed by atoms with Gasteiger partial charge in [0, 0.05) is 12.1 Å². The molecule has 2 rings (SSSR count). The summed E-state index contributed by atoms with van der Waals surface area (Å²) in [4.78, 5) is 4.00. The summed E-state index contributed by atoms with van der Waals surface area (Å²) >= 11 is 2.96. The molecule has 1 unspecified atom stereocenters. The number of imidazole rings is 1. The first kappa shape index (κ1) is 15.1. The Kier molecular flexibility index (Phi) is 4.55. The van der Waals surface area contributed by atoms with Crippen LogP contribution in [0.15, 0.2) is 29.1 Å². The molecule has 20 heavy (non-hydrogen) atoms. The van der Waals surface area contributed by atoms with Crippen molar-refractivity contribution in [3.05, 3.63) is 46.5 Å². The minimum Gasteiger partial charge on any atom is -0.323 e. The molecule has 1 aromatic heterocycles. The minimum atomic E-state index is -0.533. The summed E-state index contributed by atoms with van der Waals surface area (Å²) in [6, 6.07) is 1.96. The number of hydrogen-bond acceptors (Lipinski definition) is 2. The molecule has 1 heterocycles. The monoisotopic (exact) mass is 343 g/mol. The van der Waals surface area contributed by atoms with Crippen LogP contribution < -0.4 is 5.73 Å². The molecule has 0 spiro atoms. The molecule has 0 aliphatic heterocycles. The SMILES string of the molecule is CC(C)CC(N)c1cncn1-c1cc(F)c(Br)cc1F. The van der Waals surface area contributed by atoms with Crippen molar-refractivity contribution < 1.29 is 8.78 Å². The number of hydrogen-bond donors (Lipinski definition) is 1. The third-order valence-electron chi connectivity index (χ3n) is 3.02. The molecule has 6 heteroatoms. The van der Waals surface area contributed by atoms with E-state index in [1.807, 2.05) is 0 Å². The highest BCUT2D eigenvalue weighted by molar-refractivity contribution is 9.10. The van der Waals surface area contributed by atoms with Gasteiger partial charge in [0.25, 0.3) is 0 Å². The Hall–Kier alpha value is -1.27. The van der Waals surface area contributed by atoms with E-state index in [9.17, 15) is 8.78 Å². The Morgan fingerprint density at radius 3 is 2.65 bits per heavy atom. The van der Waals surface area contributed by atoms with E-state index in [2.05, 4.69) is 34.8 Å². The highest BCUT2D eigenvalue weighted by Crippen LogP contribution is 2.26. The largest absolute Gasteiger partial charge is 0.323 e. The number of aromatic nitrogens is 2. The van der Waals surface area contributed by atoms with Gasteiger partial charge in [-0.25, -0.2) is 13.8 Å². The van der Waals surface area contributed by atoms with Crippen LogP contribution in [0, 0.1) is 17.6 Å². The molecule has 0 fully saturated rings. The van der Waals surface area contributed by atoms with E-state index in [1.54, 1.807) is 6.20 Å². The van der Waals surface area contributed by atoms with Crippen LogP contribution in [0.2, 0.25) is 0 Å². The van der Waals surface area contributed by atoms with Crippen LogP contribution in [0.4, 0.5) is 8.78 Å². The third kappa shape index (κ3) is 3.07. The maximum absolute atomic E-state index is 14.0. The fourth-order valence-corrected chi connectivity index (χ4v) is 2.42. The predicted molar refractivity (Wildman–Crippen MR) is 77.6 cm³/mol. The zero-order chi connectivity index (χ0) is 14.9. The van der Waals surface area contributed by atoms with Gasteiger partial charge in [0.2, 0.25) is 0 Å². The van der Waals surface area contributed by atoms with E-state index >= 15 is 0 Å². The summed E-state index contributed by atoms with van der Waals surface area (Å²) in [6.07, 6.45) is 3.78. The van der Waals surface area contributed by atoms with Gasteiger partial charge in [0.15, 0.2) is 0 Å². The number of nitrogens with two attached hydrogens (primary N) is 1. The van der Waals surface area contributed by atoms with Crippen molar-refractivity contribution in [3.63, 3.8) is 0 Å². The lowest BCUT2D eigenvalue weighted by Gasteiger charge is -2.17. The second-order valence-electron chi connectivity index (χ2n) is 5.14. The summed E-state index contributed by atoms with van der Waals surface area (Å²) in [5.74, 6) is -0.660. The van der Waals surface area contributed by atoms with Gasteiger partial charge >= 0.3 is 0 Å². The molecule has 0 saturated carbocycles. The summed E-state index contributed by atoms with van der Waals surface area (Å²) in [5.41, 5.74) is 6.89. The Bertz CT molecular complexity index is 610. The first-order chi connectivity index (χ1) is 9.40. The maximum atomic E-state index is 14.0. The third-order valence-corrected chi connectivity index (χ3v) is 3.63. The quantitative estimate of drug-likeness (QED) is 0.854. The van der Waals surface area contributed by atoms with Crippen molar-refractivity contribution in [1.82, 2.24) is 9.55 Å². The number of halogens is 3. The van der Waals surface area contributed by atoms with Crippen molar-refractivity contribution in [2.45, 2.75) is 26.3 Å². The predicted octanol–water partition coefficient (Wildman–Crippen LogP) is 3.96. The fraction of sp³-hybridized carbons (Fsp3) is 0.357. The summed E-state index contributed by atoms with van der Waals surface area (Å²) in [5, 5.41) is 0. The molecule has 108 valence electrons. The van der Waals surface area contributed by atoms with Crippen molar-refractivity contribution in [2.24, 2.45) is 11.7 Å². The standard InChI is InChI=1S/C14H16BrF2N3/c1-8(2)3-12(18)14-6-19-7-20(14)13-5-10(16)9(15)4-11(13)17/h4-8,12H,3,18H2,1-2H3. The zero-order valence-corrected chi connectivity index (χ0v) is 12.9. The van der Waals surface area contributed by atoms with E-state index in [0.717, 1.165) is 18.6 Å². The van der Waals surface area contributed by atoms with Gasteiger partial charge in [0.1, 0.15) is 11.6 Å². The number of rotatable bonds is 4.